The lowest BCUT2D eigenvalue weighted by Crippen LogP contribution is -2.29. The second-order valence-electron chi connectivity index (χ2n) is 4.54. The molecule has 4 heteroatoms. The van der Waals surface area contributed by atoms with Crippen LogP contribution < -0.4 is 5.46 Å². The molecule has 2 N–H and O–H groups in total. The molecule has 3 aromatic heterocycles. The topological polar surface area (TPSA) is 44.9 Å². The second kappa shape index (κ2) is 3.25. The van der Waals surface area contributed by atoms with Gasteiger partial charge in [-0.3, -0.25) is 0 Å². The van der Waals surface area contributed by atoms with Crippen LogP contribution in [0.3, 0.4) is 0 Å². The number of hydrogen-bond donors (Lipinski definition) is 2. The third kappa shape index (κ3) is 1.06. The van der Waals surface area contributed by atoms with Crippen LogP contribution in [-0.2, 0) is 0 Å². The van der Waals surface area contributed by atoms with Crippen molar-refractivity contribution in [2.24, 2.45) is 0 Å². The van der Waals surface area contributed by atoms with Gasteiger partial charge in [-0.1, -0.05) is 30.3 Å². The molecule has 0 saturated carbocycles. The molecule has 86 valence electrons. The predicted octanol–water partition coefficient (Wildman–Crippen LogP) is 1.36. The normalized spacial score (nSPS) is 11.9. The van der Waals surface area contributed by atoms with Crippen LogP contribution in [0.2, 0.25) is 0 Å². The maximum Gasteiger partial charge on any atom is 0.490 e. The van der Waals surface area contributed by atoms with Crippen molar-refractivity contribution in [3.05, 3.63) is 48.5 Å². The van der Waals surface area contributed by atoms with Crippen LogP contribution in [0.25, 0.3) is 27.3 Å². The van der Waals surface area contributed by atoms with Gasteiger partial charge in [0.1, 0.15) is 0 Å². The molecule has 0 radical (unpaired) electrons. The van der Waals surface area contributed by atoms with Crippen molar-refractivity contribution in [3.8, 4) is 0 Å². The monoisotopic (exact) mass is 235 g/mol. The summed E-state index contributed by atoms with van der Waals surface area (Å²) in [5, 5.41) is 21.2. The number of rotatable bonds is 1. The fourth-order valence-corrected chi connectivity index (χ4v) is 2.82. The number of fused-ring (bicyclic) bond motifs is 3. The average Bonchev–Trinajstić information content (AvgIpc) is 2.92. The van der Waals surface area contributed by atoms with E-state index in [4.69, 9.17) is 0 Å². The number of nitrogens with zero attached hydrogens (tertiary/aromatic N) is 1. The molecule has 0 amide bonds. The van der Waals surface area contributed by atoms with Gasteiger partial charge in [-0.2, -0.15) is 0 Å². The van der Waals surface area contributed by atoms with Gasteiger partial charge in [-0.15, -0.1) is 0 Å². The summed E-state index contributed by atoms with van der Waals surface area (Å²) in [5.41, 5.74) is 3.54. The highest BCUT2D eigenvalue weighted by atomic mass is 16.4. The van der Waals surface area contributed by atoms with Gasteiger partial charge in [0.05, 0.1) is 11.0 Å². The molecule has 4 aromatic rings. The van der Waals surface area contributed by atoms with Crippen LogP contribution in [0.15, 0.2) is 48.5 Å². The van der Waals surface area contributed by atoms with E-state index in [0.717, 1.165) is 21.9 Å². The zero-order valence-corrected chi connectivity index (χ0v) is 9.54. The Hall–Kier alpha value is -2.04. The minimum absolute atomic E-state index is 0.557. The first-order valence-electron chi connectivity index (χ1n) is 5.87. The van der Waals surface area contributed by atoms with Gasteiger partial charge in [0.2, 0.25) is 0 Å². The molecule has 1 aromatic carbocycles. The van der Waals surface area contributed by atoms with E-state index >= 15 is 0 Å². The molecule has 0 aliphatic carbocycles. The maximum absolute atomic E-state index is 9.44. The van der Waals surface area contributed by atoms with Gasteiger partial charge in [-0.25, -0.2) is 0 Å². The Kier molecular flexibility index (Phi) is 1.80. The van der Waals surface area contributed by atoms with E-state index in [-0.39, 0.29) is 0 Å². The lowest BCUT2D eigenvalue weighted by Gasteiger charge is -1.99. The Morgan fingerprint density at radius 1 is 0.778 bits per heavy atom. The highest BCUT2D eigenvalue weighted by Crippen LogP contribution is 2.30. The Morgan fingerprint density at radius 2 is 1.44 bits per heavy atom. The number of aromatic nitrogens is 1. The molecule has 18 heavy (non-hydrogen) atoms. The molecule has 0 aliphatic heterocycles. The molecule has 0 spiro atoms. The van der Waals surface area contributed by atoms with Crippen LogP contribution in [-0.4, -0.2) is 21.6 Å². The van der Waals surface area contributed by atoms with Crippen molar-refractivity contribution in [1.29, 1.82) is 0 Å². The summed E-state index contributed by atoms with van der Waals surface area (Å²) in [4.78, 5) is 0. The van der Waals surface area contributed by atoms with E-state index in [1.54, 1.807) is 0 Å². The van der Waals surface area contributed by atoms with Crippen LogP contribution in [0, 0.1) is 0 Å². The quantitative estimate of drug-likeness (QED) is 0.489. The molecular formula is C14H10BNO2. The van der Waals surface area contributed by atoms with Crippen LogP contribution in [0.5, 0.6) is 0 Å². The Labute approximate surface area is 103 Å². The second-order valence-corrected chi connectivity index (χ2v) is 4.54. The summed E-state index contributed by atoms with van der Waals surface area (Å²) < 4.78 is 2.08. The van der Waals surface area contributed by atoms with E-state index in [1.807, 2.05) is 30.3 Å². The number of benzene rings is 1. The molecule has 0 unspecified atom stereocenters. The molecule has 4 rings (SSSR count). The molecule has 0 bridgehead atoms. The van der Waals surface area contributed by atoms with Gasteiger partial charge in [0.25, 0.3) is 0 Å². The zero-order valence-electron chi connectivity index (χ0n) is 9.54. The predicted molar refractivity (Wildman–Crippen MR) is 73.4 cm³/mol. The minimum Gasteiger partial charge on any atom is -0.423 e. The highest BCUT2D eigenvalue weighted by Gasteiger charge is 2.21. The number of pyridine rings is 1. The smallest absolute Gasteiger partial charge is 0.423 e. The fraction of sp³-hybridized carbons (Fsp3) is 0. The molecule has 0 saturated heterocycles. The highest BCUT2D eigenvalue weighted by molar-refractivity contribution is 6.61. The Balaban J connectivity index is 2.34. The standard InChI is InChI=1S/C14H10BNO2/c17-15(18)11-8-14-10-5-2-1-4-9(10)12-6-3-7-13(11)16(12)14/h1-8,17-18H. The number of hydrogen-bond acceptors (Lipinski definition) is 2. The van der Waals surface area contributed by atoms with Gasteiger partial charge >= 0.3 is 7.12 Å². The largest absolute Gasteiger partial charge is 0.490 e. The van der Waals surface area contributed by atoms with Crippen LogP contribution in [0.1, 0.15) is 0 Å². The lowest BCUT2D eigenvalue weighted by atomic mass is 9.81. The fourth-order valence-electron chi connectivity index (χ4n) is 2.82. The van der Waals surface area contributed by atoms with Gasteiger partial charge in [0.15, 0.2) is 0 Å². The maximum atomic E-state index is 9.44. The first-order valence-corrected chi connectivity index (χ1v) is 5.87. The molecule has 0 atom stereocenters. The third-order valence-electron chi connectivity index (χ3n) is 3.58. The molecule has 0 aliphatic rings. The molecule has 3 nitrogen and oxygen atoms in total. The molecule has 3 heterocycles. The lowest BCUT2D eigenvalue weighted by molar-refractivity contribution is 0.426. The molecular weight excluding hydrogens is 225 g/mol. The molecule has 0 fully saturated rings. The Bertz CT molecular complexity index is 866. The van der Waals surface area contributed by atoms with E-state index in [1.165, 1.54) is 5.39 Å². The van der Waals surface area contributed by atoms with Crippen molar-refractivity contribution >= 4 is 39.9 Å². The summed E-state index contributed by atoms with van der Waals surface area (Å²) in [6, 6.07) is 15.9. The van der Waals surface area contributed by atoms with E-state index in [2.05, 4.69) is 22.6 Å². The summed E-state index contributed by atoms with van der Waals surface area (Å²) >= 11 is 0. The average molecular weight is 235 g/mol. The van der Waals surface area contributed by atoms with E-state index in [9.17, 15) is 10.0 Å². The first-order chi connectivity index (χ1) is 8.77. The minimum atomic E-state index is -1.44. The SMILES string of the molecule is OB(O)c1cc2c3ccccc3c3cccc1n32. The van der Waals surface area contributed by atoms with E-state index < -0.39 is 7.12 Å². The zero-order chi connectivity index (χ0) is 12.3. The van der Waals surface area contributed by atoms with Crippen molar-refractivity contribution in [1.82, 2.24) is 4.40 Å². The van der Waals surface area contributed by atoms with Crippen molar-refractivity contribution in [2.75, 3.05) is 0 Å². The van der Waals surface area contributed by atoms with E-state index in [0.29, 0.717) is 5.46 Å². The van der Waals surface area contributed by atoms with Crippen LogP contribution in [0.4, 0.5) is 0 Å². The third-order valence-corrected chi connectivity index (χ3v) is 3.58. The summed E-state index contributed by atoms with van der Waals surface area (Å²) in [7, 11) is -1.44. The summed E-state index contributed by atoms with van der Waals surface area (Å²) in [6.07, 6.45) is 0. The van der Waals surface area contributed by atoms with Crippen LogP contribution >= 0.6 is 0 Å². The van der Waals surface area contributed by atoms with Crippen molar-refractivity contribution in [2.45, 2.75) is 0 Å². The van der Waals surface area contributed by atoms with Gasteiger partial charge < -0.3 is 14.4 Å². The first kappa shape index (κ1) is 9.94. The van der Waals surface area contributed by atoms with Gasteiger partial charge in [-0.05, 0) is 18.2 Å². The summed E-state index contributed by atoms with van der Waals surface area (Å²) in [6.45, 7) is 0. The van der Waals surface area contributed by atoms with Crippen molar-refractivity contribution < 1.29 is 10.0 Å². The van der Waals surface area contributed by atoms with Gasteiger partial charge in [0, 0.05) is 21.8 Å². The Morgan fingerprint density at radius 3 is 2.17 bits per heavy atom. The summed E-state index contributed by atoms with van der Waals surface area (Å²) in [5.74, 6) is 0. The van der Waals surface area contributed by atoms with Crippen molar-refractivity contribution in [3.63, 3.8) is 0 Å².